The average molecular weight is 284 g/mol. The lowest BCUT2D eigenvalue weighted by Gasteiger charge is -2.23. The van der Waals surface area contributed by atoms with Gasteiger partial charge >= 0.3 is 5.97 Å². The summed E-state index contributed by atoms with van der Waals surface area (Å²) in [7, 11) is 0. The second-order valence-electron chi connectivity index (χ2n) is 6.64. The fraction of sp³-hybridized carbons (Fsp3) is 0.867. The number of nitrogens with two attached hydrogens (primary N) is 1. The summed E-state index contributed by atoms with van der Waals surface area (Å²) in [6.45, 7) is 5.36. The maximum Gasteiger partial charge on any atom is 0.306 e. The van der Waals surface area contributed by atoms with Gasteiger partial charge in [0.15, 0.2) is 0 Å². The van der Waals surface area contributed by atoms with E-state index in [0.29, 0.717) is 19.5 Å². The van der Waals surface area contributed by atoms with Gasteiger partial charge in [-0.15, -0.1) is 0 Å². The van der Waals surface area contributed by atoms with Crippen LogP contribution >= 0.6 is 0 Å². The molecule has 5 heteroatoms. The SMILES string of the molecule is CC(C)(CCN)CCC(=O)NCC1CCCC1C(=O)O. The Labute approximate surface area is 121 Å². The number of carbonyl (C=O) groups excluding carboxylic acids is 1. The van der Waals surface area contributed by atoms with E-state index in [9.17, 15) is 9.59 Å². The summed E-state index contributed by atoms with van der Waals surface area (Å²) in [4.78, 5) is 22.9. The third-order valence-electron chi connectivity index (χ3n) is 4.39. The topological polar surface area (TPSA) is 92.4 Å². The molecule has 0 aromatic heterocycles. The Balaban J connectivity index is 2.28. The van der Waals surface area contributed by atoms with Crippen LogP contribution in [0.4, 0.5) is 0 Å². The van der Waals surface area contributed by atoms with Crippen molar-refractivity contribution in [2.24, 2.45) is 23.0 Å². The molecule has 1 aliphatic carbocycles. The van der Waals surface area contributed by atoms with E-state index in [1.807, 2.05) is 0 Å². The molecule has 0 saturated heterocycles. The lowest BCUT2D eigenvalue weighted by atomic mass is 9.84. The van der Waals surface area contributed by atoms with E-state index in [4.69, 9.17) is 10.8 Å². The van der Waals surface area contributed by atoms with E-state index in [1.54, 1.807) is 0 Å². The second-order valence-corrected chi connectivity index (χ2v) is 6.64. The molecule has 20 heavy (non-hydrogen) atoms. The minimum absolute atomic E-state index is 0.0196. The summed E-state index contributed by atoms with van der Waals surface area (Å²) < 4.78 is 0. The lowest BCUT2D eigenvalue weighted by Crippen LogP contribution is -2.33. The van der Waals surface area contributed by atoms with E-state index >= 15 is 0 Å². The van der Waals surface area contributed by atoms with Crippen LogP contribution in [0, 0.1) is 17.3 Å². The Kier molecular flexibility index (Phi) is 6.46. The molecule has 0 aromatic rings. The molecule has 1 rings (SSSR count). The minimum atomic E-state index is -0.731. The van der Waals surface area contributed by atoms with E-state index < -0.39 is 5.97 Å². The van der Waals surface area contributed by atoms with Crippen molar-refractivity contribution in [1.29, 1.82) is 0 Å². The zero-order valence-electron chi connectivity index (χ0n) is 12.7. The number of hydrogen-bond donors (Lipinski definition) is 3. The van der Waals surface area contributed by atoms with Crippen molar-refractivity contribution in [3.05, 3.63) is 0 Å². The van der Waals surface area contributed by atoms with Gasteiger partial charge in [-0.3, -0.25) is 9.59 Å². The predicted octanol–water partition coefficient (Wildman–Crippen LogP) is 1.76. The van der Waals surface area contributed by atoms with Crippen LogP contribution < -0.4 is 11.1 Å². The summed E-state index contributed by atoms with van der Waals surface area (Å²) in [6, 6.07) is 0. The Hall–Kier alpha value is -1.10. The first-order valence-electron chi connectivity index (χ1n) is 7.55. The van der Waals surface area contributed by atoms with Crippen molar-refractivity contribution in [2.45, 2.75) is 52.4 Å². The van der Waals surface area contributed by atoms with Gasteiger partial charge in [0.25, 0.3) is 0 Å². The molecule has 5 nitrogen and oxygen atoms in total. The van der Waals surface area contributed by atoms with Gasteiger partial charge in [-0.1, -0.05) is 20.3 Å². The molecule has 2 unspecified atom stereocenters. The first-order valence-corrected chi connectivity index (χ1v) is 7.55. The fourth-order valence-electron chi connectivity index (χ4n) is 2.91. The number of carboxylic acid groups (broad SMARTS) is 1. The van der Waals surface area contributed by atoms with Crippen molar-refractivity contribution in [3.63, 3.8) is 0 Å². The van der Waals surface area contributed by atoms with Crippen molar-refractivity contribution in [3.8, 4) is 0 Å². The van der Waals surface area contributed by atoms with E-state index in [-0.39, 0.29) is 23.2 Å². The molecule has 4 N–H and O–H groups in total. The third-order valence-corrected chi connectivity index (χ3v) is 4.39. The Morgan fingerprint density at radius 3 is 2.60 bits per heavy atom. The van der Waals surface area contributed by atoms with Gasteiger partial charge in [-0.25, -0.2) is 0 Å². The largest absolute Gasteiger partial charge is 0.481 e. The monoisotopic (exact) mass is 284 g/mol. The Morgan fingerprint density at radius 2 is 2.00 bits per heavy atom. The first-order chi connectivity index (χ1) is 9.35. The zero-order chi connectivity index (χ0) is 15.2. The summed E-state index contributed by atoms with van der Waals surface area (Å²) in [5.41, 5.74) is 5.64. The predicted molar refractivity (Wildman–Crippen MR) is 78.2 cm³/mol. The van der Waals surface area contributed by atoms with E-state index in [1.165, 1.54) is 0 Å². The second kappa shape index (κ2) is 7.62. The van der Waals surface area contributed by atoms with Crippen LogP contribution in [0.15, 0.2) is 0 Å². The molecule has 1 amide bonds. The molecule has 0 aliphatic heterocycles. The number of hydrogen-bond acceptors (Lipinski definition) is 3. The summed E-state index contributed by atoms with van der Waals surface area (Å²) >= 11 is 0. The third kappa shape index (κ3) is 5.49. The molecule has 0 aromatic carbocycles. The molecule has 0 spiro atoms. The fourth-order valence-corrected chi connectivity index (χ4v) is 2.91. The molecule has 116 valence electrons. The average Bonchev–Trinajstić information content (AvgIpc) is 2.82. The zero-order valence-corrected chi connectivity index (χ0v) is 12.7. The molecule has 1 fully saturated rings. The highest BCUT2D eigenvalue weighted by molar-refractivity contribution is 5.76. The number of aliphatic carboxylic acids is 1. The van der Waals surface area contributed by atoms with Gasteiger partial charge in [0.2, 0.25) is 5.91 Å². The smallest absolute Gasteiger partial charge is 0.306 e. The van der Waals surface area contributed by atoms with Crippen molar-refractivity contribution >= 4 is 11.9 Å². The summed E-state index contributed by atoms with van der Waals surface area (Å²) in [5.74, 6) is -0.908. The molecule has 0 heterocycles. The van der Waals surface area contributed by atoms with Crippen LogP contribution in [0.5, 0.6) is 0 Å². The molecule has 2 atom stereocenters. The molecular weight excluding hydrogens is 256 g/mol. The quantitative estimate of drug-likeness (QED) is 0.633. The number of nitrogens with one attached hydrogen (secondary N) is 1. The van der Waals surface area contributed by atoms with Crippen LogP contribution in [0.2, 0.25) is 0 Å². The minimum Gasteiger partial charge on any atom is -0.481 e. The van der Waals surface area contributed by atoms with E-state index in [0.717, 1.165) is 32.1 Å². The highest BCUT2D eigenvalue weighted by atomic mass is 16.4. The summed E-state index contributed by atoms with van der Waals surface area (Å²) in [6.07, 6.45) is 4.78. The van der Waals surface area contributed by atoms with Gasteiger partial charge < -0.3 is 16.2 Å². The molecule has 0 bridgehead atoms. The number of rotatable bonds is 8. The molecule has 1 saturated carbocycles. The number of carbonyl (C=O) groups is 2. The van der Waals surface area contributed by atoms with Gasteiger partial charge in [0, 0.05) is 13.0 Å². The van der Waals surface area contributed by atoms with Gasteiger partial charge in [-0.2, -0.15) is 0 Å². The van der Waals surface area contributed by atoms with Crippen molar-refractivity contribution < 1.29 is 14.7 Å². The van der Waals surface area contributed by atoms with Crippen LogP contribution in [0.25, 0.3) is 0 Å². The van der Waals surface area contributed by atoms with Crippen LogP contribution in [0.3, 0.4) is 0 Å². The molecule has 1 aliphatic rings. The van der Waals surface area contributed by atoms with Crippen molar-refractivity contribution in [2.75, 3.05) is 13.1 Å². The van der Waals surface area contributed by atoms with Gasteiger partial charge in [0.05, 0.1) is 5.92 Å². The lowest BCUT2D eigenvalue weighted by molar-refractivity contribution is -0.143. The normalized spacial score (nSPS) is 22.8. The number of carboxylic acids is 1. The Bertz CT molecular complexity index is 342. The maximum absolute atomic E-state index is 11.8. The Morgan fingerprint density at radius 1 is 1.30 bits per heavy atom. The van der Waals surface area contributed by atoms with Crippen LogP contribution in [-0.4, -0.2) is 30.1 Å². The summed E-state index contributed by atoms with van der Waals surface area (Å²) in [5, 5.41) is 12.0. The number of amides is 1. The molecular formula is C15H28N2O3. The standard InChI is InChI=1S/C15H28N2O3/c1-15(2,8-9-16)7-6-13(18)17-10-11-4-3-5-12(11)14(19)20/h11-12H,3-10,16H2,1-2H3,(H,17,18)(H,19,20). The maximum atomic E-state index is 11.8. The van der Waals surface area contributed by atoms with E-state index in [2.05, 4.69) is 19.2 Å². The van der Waals surface area contributed by atoms with Crippen LogP contribution in [-0.2, 0) is 9.59 Å². The molecule has 0 radical (unpaired) electrons. The van der Waals surface area contributed by atoms with Gasteiger partial charge in [-0.05, 0) is 43.6 Å². The highest BCUT2D eigenvalue weighted by Gasteiger charge is 2.32. The first kappa shape index (κ1) is 17.0. The van der Waals surface area contributed by atoms with Crippen LogP contribution in [0.1, 0.15) is 52.4 Å². The highest BCUT2D eigenvalue weighted by Crippen LogP contribution is 2.31. The van der Waals surface area contributed by atoms with Crippen molar-refractivity contribution in [1.82, 2.24) is 5.32 Å². The van der Waals surface area contributed by atoms with Gasteiger partial charge in [0.1, 0.15) is 0 Å².